The molecule has 382 valence electrons. The van der Waals surface area contributed by atoms with Crippen LogP contribution < -0.4 is 42.7 Å². The molecular formula is C58H55FN14O3. The zero-order valence-corrected chi connectivity index (χ0v) is 41.9. The lowest BCUT2D eigenvalue weighted by Gasteiger charge is -2.34. The van der Waals surface area contributed by atoms with Crippen molar-refractivity contribution in [3.8, 4) is 28.3 Å². The van der Waals surface area contributed by atoms with Gasteiger partial charge in [-0.2, -0.15) is 9.49 Å². The van der Waals surface area contributed by atoms with Gasteiger partial charge in [-0.15, -0.1) is 0 Å². The molecule has 0 saturated heterocycles. The number of halogens is 1. The number of pyridine rings is 2. The van der Waals surface area contributed by atoms with E-state index in [4.69, 9.17) is 20.5 Å². The number of nitrogens with zero attached hydrogens (tertiary/aromatic N) is 10. The van der Waals surface area contributed by atoms with E-state index in [0.717, 1.165) is 77.8 Å². The first-order valence-corrected chi connectivity index (χ1v) is 25.6. The first-order valence-electron chi connectivity index (χ1n) is 25.6. The highest BCUT2D eigenvalue weighted by Crippen LogP contribution is 2.43. The summed E-state index contributed by atoms with van der Waals surface area (Å²) in [6.07, 6.45) is 7.97. The van der Waals surface area contributed by atoms with Crippen molar-refractivity contribution >= 4 is 40.7 Å². The van der Waals surface area contributed by atoms with E-state index in [9.17, 15) is 19.1 Å². The average Bonchev–Trinajstić information content (AvgIpc) is 4.33. The van der Waals surface area contributed by atoms with E-state index in [1.54, 1.807) is 66.2 Å². The number of fused-ring (bicyclic) bond motifs is 8. The van der Waals surface area contributed by atoms with Crippen LogP contribution in [-0.4, -0.2) is 75.9 Å². The van der Waals surface area contributed by atoms with Gasteiger partial charge in [0.2, 0.25) is 17.5 Å². The van der Waals surface area contributed by atoms with Gasteiger partial charge in [-0.3, -0.25) is 38.9 Å². The second-order valence-electron chi connectivity index (χ2n) is 19.7. The van der Waals surface area contributed by atoms with Gasteiger partial charge in [0, 0.05) is 49.3 Å². The van der Waals surface area contributed by atoms with Crippen LogP contribution >= 0.6 is 0 Å². The molecule has 13 rings (SSSR count). The fraction of sp³-hybridized carbons (Fsp3) is 0.241. The molecule has 2 fully saturated rings. The Hall–Kier alpha value is -9.19. The van der Waals surface area contributed by atoms with Crippen LogP contribution in [0.4, 0.5) is 27.4 Å². The molecule has 0 bridgehead atoms. The number of carbonyl (C=O) groups excluding carboxylic acids is 1. The number of phenols is 1. The molecule has 18 heteroatoms. The summed E-state index contributed by atoms with van der Waals surface area (Å²) in [4.78, 5) is 49.1. The van der Waals surface area contributed by atoms with Crippen LogP contribution in [0.15, 0.2) is 161 Å². The Morgan fingerprint density at radius 1 is 0.737 bits per heavy atom. The topological polar surface area (TPSA) is 199 Å². The van der Waals surface area contributed by atoms with Crippen LogP contribution in [0.1, 0.15) is 66.1 Å². The second-order valence-corrected chi connectivity index (χ2v) is 19.7. The fourth-order valence-electron chi connectivity index (χ4n) is 11.1. The quantitative estimate of drug-likeness (QED) is 0.0653. The summed E-state index contributed by atoms with van der Waals surface area (Å²) in [6.45, 7) is 0.883. The van der Waals surface area contributed by atoms with Crippen LogP contribution in [-0.2, 0) is 20.1 Å². The van der Waals surface area contributed by atoms with Crippen LogP contribution in [0.5, 0.6) is 5.75 Å². The molecule has 76 heavy (non-hydrogen) atoms. The minimum Gasteiger partial charge on any atom is -0.508 e. The predicted octanol–water partition coefficient (Wildman–Crippen LogP) is 7.19. The van der Waals surface area contributed by atoms with E-state index in [0.29, 0.717) is 58.6 Å². The Morgan fingerprint density at radius 3 is 2.14 bits per heavy atom. The zero-order valence-electron chi connectivity index (χ0n) is 41.9. The highest BCUT2D eigenvalue weighted by molar-refractivity contribution is 6.21. The number of carbonyl (C=O) groups is 1. The van der Waals surface area contributed by atoms with E-state index in [-0.39, 0.29) is 46.9 Å². The number of nitrogens with one attached hydrogen (secondary N) is 4. The van der Waals surface area contributed by atoms with Crippen molar-refractivity contribution in [2.75, 3.05) is 22.6 Å². The Labute approximate surface area is 436 Å². The molecule has 1 amide bonds. The van der Waals surface area contributed by atoms with E-state index < -0.39 is 5.95 Å². The maximum absolute atomic E-state index is 13.7. The smallest absolute Gasteiger partial charge is 0.267 e. The molecule has 4 aromatic heterocycles. The SMILES string of the molecule is CN1C(=O)c2c(nn(Cc3ccc(-c4cccc(F)n4)cc3)c2Nc2ccc(O)cc2)N2C1=N[C@@H]1CCC[C@@H]12.Cn1c(=O)/c(=C(/NCc2ccc(-c3ccccn3)cc2)Nc2ccccc2)c(=N)n2c1=NC1CCCC12. The normalized spacial score (nSPS) is 19.0. The van der Waals surface area contributed by atoms with Crippen molar-refractivity contribution in [2.24, 2.45) is 17.0 Å². The van der Waals surface area contributed by atoms with Crippen LogP contribution in [0.3, 0.4) is 0 Å². The number of aliphatic imine (C=N–C) groups is 1. The van der Waals surface area contributed by atoms with Gasteiger partial charge in [0.05, 0.1) is 42.1 Å². The molecule has 0 radical (unpaired) electrons. The van der Waals surface area contributed by atoms with Crippen molar-refractivity contribution < 1.29 is 14.3 Å². The summed E-state index contributed by atoms with van der Waals surface area (Å²) < 4.78 is 19.0. The lowest BCUT2D eigenvalue weighted by atomic mass is 10.1. The molecule has 7 heterocycles. The standard InChI is InChI=1S/C29H26FN7O2.C29H29N7O/c1-35-28(39)25-26(31-19-12-14-20(38)15-13-19)36(34-27(25)37-23-6-2-5-22(23)33-29(35)37)16-17-8-10-18(11-9-17)21-4-3-7-24(30)32-21;1-35-28(37)25(26(30)36-24-12-7-11-23(24)34-29(35)36)27(33-21-8-3-2-4-9-21)32-18-19-13-15-20(16-14-19)22-10-5-6-17-31-22/h3-4,7-15,22-23,31,38H,2,5-6,16H2,1H3;2-6,8-10,13-17,23-24,30,32-33H,7,11-12,18H2,1H3/b;27-25-,30-26?/t22-,23+;/m1./s1. The number of hydrogen-bond acceptors (Lipinski definition) is 13. The number of anilines is 4. The molecule has 3 aliphatic heterocycles. The van der Waals surface area contributed by atoms with Crippen LogP contribution in [0.25, 0.3) is 28.3 Å². The highest BCUT2D eigenvalue weighted by Gasteiger charge is 2.49. The van der Waals surface area contributed by atoms with E-state index in [1.165, 1.54) is 6.07 Å². The number of para-hydroxylation sites is 1. The van der Waals surface area contributed by atoms with E-state index in [2.05, 4.69) is 43.0 Å². The minimum absolute atomic E-state index is 0.144. The number of benzene rings is 4. The fourth-order valence-corrected chi connectivity index (χ4v) is 11.1. The third kappa shape index (κ3) is 8.94. The number of phenolic OH excluding ortho intramolecular Hbond substituents is 1. The second kappa shape index (κ2) is 19.9. The molecule has 17 nitrogen and oxygen atoms in total. The van der Waals surface area contributed by atoms with Crippen molar-refractivity contribution in [1.82, 2.24) is 39.1 Å². The highest BCUT2D eigenvalue weighted by atomic mass is 19.1. The van der Waals surface area contributed by atoms with Crippen molar-refractivity contribution in [2.45, 2.75) is 75.8 Å². The zero-order chi connectivity index (χ0) is 52.0. The van der Waals surface area contributed by atoms with Gasteiger partial charge in [-0.1, -0.05) is 78.9 Å². The molecule has 2 unspecified atom stereocenters. The summed E-state index contributed by atoms with van der Waals surface area (Å²) in [7, 11) is 3.51. The Kier molecular flexibility index (Phi) is 12.5. The molecular weight excluding hydrogens is 960 g/mol. The van der Waals surface area contributed by atoms with Crippen molar-refractivity contribution in [3.05, 3.63) is 195 Å². The summed E-state index contributed by atoms with van der Waals surface area (Å²) in [5.41, 5.74) is 7.96. The van der Waals surface area contributed by atoms with Gasteiger partial charge in [-0.05, 0) is 110 Å². The van der Waals surface area contributed by atoms with Gasteiger partial charge in [0.15, 0.2) is 5.82 Å². The molecule has 2 saturated carbocycles. The van der Waals surface area contributed by atoms with Crippen LogP contribution in [0, 0.1) is 11.4 Å². The Bertz CT molecular complexity index is 3790. The minimum atomic E-state index is -0.521. The number of amides is 1. The number of hydrogen-bond donors (Lipinski definition) is 5. The lowest BCUT2D eigenvalue weighted by molar-refractivity contribution is 0.0865. The number of aromatic hydroxyl groups is 1. The maximum atomic E-state index is 13.7. The summed E-state index contributed by atoms with van der Waals surface area (Å²) >= 11 is 0. The molecule has 5 aliphatic rings. The molecule has 4 atom stereocenters. The molecule has 2 aliphatic carbocycles. The number of guanidine groups is 1. The first kappa shape index (κ1) is 47.8. The van der Waals surface area contributed by atoms with Gasteiger partial charge < -0.3 is 21.1 Å². The van der Waals surface area contributed by atoms with E-state index >= 15 is 0 Å². The number of rotatable bonds is 11. The molecule has 5 N–H and O–H groups in total. The summed E-state index contributed by atoms with van der Waals surface area (Å²) in [6, 6.07) is 43.6. The third-order valence-electron chi connectivity index (χ3n) is 14.9. The largest absolute Gasteiger partial charge is 0.508 e. The Balaban J connectivity index is 0.000000153. The molecule has 4 aromatic carbocycles. The average molecular weight is 1020 g/mol. The van der Waals surface area contributed by atoms with Crippen molar-refractivity contribution in [1.29, 1.82) is 5.41 Å². The van der Waals surface area contributed by atoms with Gasteiger partial charge in [0.1, 0.15) is 33.7 Å². The summed E-state index contributed by atoms with van der Waals surface area (Å²) in [5, 5.41) is 34.4. The monoisotopic (exact) mass is 1010 g/mol. The van der Waals surface area contributed by atoms with Gasteiger partial charge >= 0.3 is 0 Å². The maximum Gasteiger partial charge on any atom is 0.267 e. The summed E-state index contributed by atoms with van der Waals surface area (Å²) in [5.74, 6) is 1.84. The first-order chi connectivity index (χ1) is 37.1. The third-order valence-corrected chi connectivity index (χ3v) is 14.9. The van der Waals surface area contributed by atoms with Crippen molar-refractivity contribution in [3.63, 3.8) is 0 Å². The van der Waals surface area contributed by atoms with Gasteiger partial charge in [0.25, 0.3) is 11.5 Å². The van der Waals surface area contributed by atoms with Gasteiger partial charge in [-0.25, -0.2) is 19.7 Å². The Morgan fingerprint density at radius 2 is 1.42 bits per heavy atom. The lowest BCUT2D eigenvalue weighted by Crippen LogP contribution is -2.59. The molecule has 0 spiro atoms. The number of aromatic nitrogens is 6. The van der Waals surface area contributed by atoms with E-state index in [1.807, 2.05) is 94.2 Å². The molecule has 8 aromatic rings. The predicted molar refractivity (Wildman–Crippen MR) is 289 cm³/mol. The van der Waals surface area contributed by atoms with Crippen LogP contribution in [0.2, 0.25) is 0 Å².